The van der Waals surface area contributed by atoms with Gasteiger partial charge < -0.3 is 9.88 Å². The molecule has 0 unspecified atom stereocenters. The molecule has 0 spiro atoms. The van der Waals surface area contributed by atoms with Crippen LogP contribution in [0.5, 0.6) is 0 Å². The molecule has 0 aliphatic rings. The van der Waals surface area contributed by atoms with Crippen molar-refractivity contribution < 1.29 is 13.2 Å². The number of aromatic nitrogens is 1. The van der Waals surface area contributed by atoms with Gasteiger partial charge in [0, 0.05) is 26.0 Å². The number of nitrogens with zero attached hydrogens (tertiary/aromatic N) is 1. The molecule has 0 radical (unpaired) electrons. The van der Waals surface area contributed by atoms with E-state index < -0.39 is 11.7 Å². The Bertz CT molecular complexity index is 576. The second-order valence-corrected chi connectivity index (χ2v) is 4.61. The van der Waals surface area contributed by atoms with Gasteiger partial charge in [-0.2, -0.15) is 13.2 Å². The number of halogens is 4. The van der Waals surface area contributed by atoms with Crippen LogP contribution >= 0.6 is 11.6 Å². The molecular formula is C13H12ClF3N2. The zero-order valence-corrected chi connectivity index (χ0v) is 10.9. The maximum absolute atomic E-state index is 12.9. The van der Waals surface area contributed by atoms with E-state index in [2.05, 4.69) is 5.32 Å². The molecule has 102 valence electrons. The molecule has 0 aliphatic heterocycles. The van der Waals surface area contributed by atoms with Crippen LogP contribution in [-0.4, -0.2) is 4.57 Å². The van der Waals surface area contributed by atoms with E-state index in [4.69, 9.17) is 11.6 Å². The Labute approximate surface area is 113 Å². The molecule has 0 amide bonds. The average molecular weight is 289 g/mol. The standard InChI is InChI=1S/C13H12ClF3N2/c1-19-6-5-9(8-19)7-18-12-10(13(15,16)17)3-2-4-11(12)14/h2-6,8,18H,7H2,1H3. The Morgan fingerprint density at radius 2 is 2.00 bits per heavy atom. The van der Waals surface area contributed by atoms with Gasteiger partial charge in [0.05, 0.1) is 16.3 Å². The van der Waals surface area contributed by atoms with E-state index in [1.807, 2.05) is 30.1 Å². The summed E-state index contributed by atoms with van der Waals surface area (Å²) in [5.41, 5.74) is 0.0481. The van der Waals surface area contributed by atoms with E-state index >= 15 is 0 Å². The van der Waals surface area contributed by atoms with Crippen LogP contribution in [0.1, 0.15) is 11.1 Å². The van der Waals surface area contributed by atoms with Crippen molar-refractivity contribution in [1.82, 2.24) is 4.57 Å². The molecule has 2 nitrogen and oxygen atoms in total. The first-order valence-electron chi connectivity index (χ1n) is 5.58. The van der Waals surface area contributed by atoms with E-state index in [9.17, 15) is 13.2 Å². The van der Waals surface area contributed by atoms with E-state index in [-0.39, 0.29) is 17.3 Å². The van der Waals surface area contributed by atoms with Crippen LogP contribution in [0.2, 0.25) is 5.02 Å². The van der Waals surface area contributed by atoms with Gasteiger partial charge in [0.25, 0.3) is 0 Å². The molecule has 0 aliphatic carbocycles. The molecule has 6 heteroatoms. The number of anilines is 1. The van der Waals surface area contributed by atoms with E-state index in [0.29, 0.717) is 0 Å². The highest BCUT2D eigenvalue weighted by Crippen LogP contribution is 2.38. The van der Waals surface area contributed by atoms with Crippen molar-refractivity contribution in [1.29, 1.82) is 0 Å². The lowest BCUT2D eigenvalue weighted by molar-refractivity contribution is -0.136. The summed E-state index contributed by atoms with van der Waals surface area (Å²) in [6, 6.07) is 5.57. The van der Waals surface area contributed by atoms with Crippen LogP contribution in [0.3, 0.4) is 0 Å². The normalized spacial score (nSPS) is 11.6. The summed E-state index contributed by atoms with van der Waals surface area (Å²) < 4.78 is 40.4. The Balaban J connectivity index is 2.24. The predicted octanol–water partition coefficient (Wildman–Crippen LogP) is 4.31. The molecule has 1 aromatic heterocycles. The number of nitrogens with one attached hydrogen (secondary N) is 1. The topological polar surface area (TPSA) is 17.0 Å². The minimum absolute atomic E-state index is 0.0609. The highest BCUT2D eigenvalue weighted by molar-refractivity contribution is 6.33. The van der Waals surface area contributed by atoms with E-state index in [1.54, 1.807) is 0 Å². The van der Waals surface area contributed by atoms with Crippen LogP contribution in [0.25, 0.3) is 0 Å². The van der Waals surface area contributed by atoms with Gasteiger partial charge in [-0.15, -0.1) is 0 Å². The fourth-order valence-electron chi connectivity index (χ4n) is 1.80. The summed E-state index contributed by atoms with van der Waals surface area (Å²) in [5.74, 6) is 0. The molecule has 1 N–H and O–H groups in total. The monoisotopic (exact) mass is 288 g/mol. The van der Waals surface area contributed by atoms with Crippen molar-refractivity contribution in [3.05, 3.63) is 52.8 Å². The lowest BCUT2D eigenvalue weighted by Crippen LogP contribution is -2.11. The summed E-state index contributed by atoms with van der Waals surface area (Å²) in [4.78, 5) is 0. The summed E-state index contributed by atoms with van der Waals surface area (Å²) in [7, 11) is 1.85. The van der Waals surface area contributed by atoms with Crippen molar-refractivity contribution >= 4 is 17.3 Å². The first-order chi connectivity index (χ1) is 8.88. The second-order valence-electron chi connectivity index (χ2n) is 4.20. The van der Waals surface area contributed by atoms with Gasteiger partial charge >= 0.3 is 6.18 Å². The molecule has 1 heterocycles. The van der Waals surface area contributed by atoms with Crippen molar-refractivity contribution in [2.24, 2.45) is 7.05 Å². The first kappa shape index (κ1) is 13.8. The maximum Gasteiger partial charge on any atom is 0.418 e. The lowest BCUT2D eigenvalue weighted by atomic mass is 10.1. The smallest absolute Gasteiger partial charge is 0.379 e. The van der Waals surface area contributed by atoms with Gasteiger partial charge in [-0.25, -0.2) is 0 Å². The maximum atomic E-state index is 12.9. The fourth-order valence-corrected chi connectivity index (χ4v) is 2.04. The second kappa shape index (κ2) is 5.17. The number of benzene rings is 1. The third kappa shape index (κ3) is 3.23. The van der Waals surface area contributed by atoms with E-state index in [0.717, 1.165) is 11.6 Å². The summed E-state index contributed by atoms with van der Waals surface area (Å²) in [6.07, 6.45) is -0.769. The number of rotatable bonds is 3. The zero-order chi connectivity index (χ0) is 14.0. The highest BCUT2D eigenvalue weighted by atomic mass is 35.5. The SMILES string of the molecule is Cn1ccc(CNc2c(Cl)cccc2C(F)(F)F)c1. The van der Waals surface area contributed by atoms with Crippen LogP contribution in [-0.2, 0) is 19.8 Å². The Morgan fingerprint density at radius 1 is 1.26 bits per heavy atom. The summed E-state index contributed by atoms with van der Waals surface area (Å²) >= 11 is 5.84. The van der Waals surface area contributed by atoms with E-state index in [1.165, 1.54) is 12.1 Å². The van der Waals surface area contributed by atoms with Crippen LogP contribution in [0.4, 0.5) is 18.9 Å². The van der Waals surface area contributed by atoms with Gasteiger partial charge in [-0.3, -0.25) is 0 Å². The molecule has 2 rings (SSSR count). The van der Waals surface area contributed by atoms with Gasteiger partial charge in [0.1, 0.15) is 0 Å². The minimum atomic E-state index is -4.43. The van der Waals surface area contributed by atoms with Gasteiger partial charge in [0.2, 0.25) is 0 Å². The quantitative estimate of drug-likeness (QED) is 0.890. The molecular weight excluding hydrogens is 277 g/mol. The Morgan fingerprint density at radius 3 is 2.58 bits per heavy atom. The van der Waals surface area contributed by atoms with Crippen molar-refractivity contribution in [3.63, 3.8) is 0 Å². The van der Waals surface area contributed by atoms with Crippen molar-refractivity contribution in [3.8, 4) is 0 Å². The Hall–Kier alpha value is -1.62. The molecule has 19 heavy (non-hydrogen) atoms. The van der Waals surface area contributed by atoms with Crippen LogP contribution in [0, 0.1) is 0 Å². The number of hydrogen-bond donors (Lipinski definition) is 1. The Kier molecular flexibility index (Phi) is 3.75. The van der Waals surface area contributed by atoms with Gasteiger partial charge in [0.15, 0.2) is 0 Å². The van der Waals surface area contributed by atoms with Crippen molar-refractivity contribution in [2.75, 3.05) is 5.32 Å². The van der Waals surface area contributed by atoms with Crippen LogP contribution < -0.4 is 5.32 Å². The molecule has 0 atom stereocenters. The molecule has 0 saturated heterocycles. The third-order valence-corrected chi connectivity index (χ3v) is 3.00. The molecule has 1 aromatic carbocycles. The minimum Gasteiger partial charge on any atom is -0.379 e. The lowest BCUT2D eigenvalue weighted by Gasteiger charge is -2.15. The molecule has 0 fully saturated rings. The molecule has 2 aromatic rings. The predicted molar refractivity (Wildman–Crippen MR) is 69.2 cm³/mol. The highest BCUT2D eigenvalue weighted by Gasteiger charge is 2.34. The molecule has 0 saturated carbocycles. The third-order valence-electron chi connectivity index (χ3n) is 2.68. The first-order valence-corrected chi connectivity index (χ1v) is 5.96. The summed E-state index contributed by atoms with van der Waals surface area (Å²) in [6.45, 7) is 0.285. The number of alkyl halides is 3. The fraction of sp³-hybridized carbons (Fsp3) is 0.231. The number of aryl methyl sites for hydroxylation is 1. The van der Waals surface area contributed by atoms with Gasteiger partial charge in [-0.05, 0) is 23.8 Å². The zero-order valence-electron chi connectivity index (χ0n) is 10.1. The number of hydrogen-bond acceptors (Lipinski definition) is 1. The van der Waals surface area contributed by atoms with Gasteiger partial charge in [-0.1, -0.05) is 17.7 Å². The molecule has 0 bridgehead atoms. The average Bonchev–Trinajstić information content (AvgIpc) is 2.72. The number of para-hydroxylation sites is 1. The largest absolute Gasteiger partial charge is 0.418 e. The summed E-state index contributed by atoms with van der Waals surface area (Å²) in [5, 5.41) is 2.81. The van der Waals surface area contributed by atoms with Crippen LogP contribution in [0.15, 0.2) is 36.7 Å². The van der Waals surface area contributed by atoms with Crippen molar-refractivity contribution in [2.45, 2.75) is 12.7 Å².